The number of hydrogen-bond donors (Lipinski definition) is 1. The number of likely N-dealkylation sites (N-methyl/N-ethyl adjacent to an activating group) is 1. The molecular weight excluding hydrogens is 300 g/mol. The Morgan fingerprint density at radius 1 is 1.47 bits per heavy atom. The van der Waals surface area contributed by atoms with Crippen molar-refractivity contribution >= 4 is 27.3 Å². The molecule has 2 aromatic rings. The molecule has 0 fully saturated rings. The predicted octanol–water partition coefficient (Wildman–Crippen LogP) is 3.24. The minimum Gasteiger partial charge on any atom is -0.453 e. The highest BCUT2D eigenvalue weighted by atomic mass is 79.9. The molecule has 0 saturated heterocycles. The second-order valence-electron chi connectivity index (χ2n) is 3.94. The maximum Gasteiger partial charge on any atom is 0.169 e. The van der Waals surface area contributed by atoms with Crippen LogP contribution in [0.4, 0.5) is 0 Å². The highest BCUT2D eigenvalue weighted by Crippen LogP contribution is 2.25. The summed E-state index contributed by atoms with van der Waals surface area (Å²) in [6.45, 7) is 1.42. The van der Waals surface area contributed by atoms with Crippen LogP contribution in [0.2, 0.25) is 0 Å². The summed E-state index contributed by atoms with van der Waals surface area (Å²) >= 11 is 5.03. The number of rotatable bonds is 5. The highest BCUT2D eigenvalue weighted by Gasteiger charge is 2.19. The Kier molecular flexibility index (Phi) is 4.39. The molecule has 0 aromatic carbocycles. The molecule has 0 aliphatic heterocycles. The lowest BCUT2D eigenvalue weighted by molar-refractivity contribution is 0.211. The molecule has 2 N–H and O–H groups in total. The topological polar surface area (TPSA) is 42.4 Å². The van der Waals surface area contributed by atoms with Crippen molar-refractivity contribution in [2.45, 2.75) is 12.6 Å². The molecule has 92 valence electrons. The molecule has 0 aliphatic rings. The molecule has 3 nitrogen and oxygen atoms in total. The van der Waals surface area contributed by atoms with Crippen molar-refractivity contribution in [3.8, 4) is 0 Å². The van der Waals surface area contributed by atoms with Gasteiger partial charge in [-0.15, -0.1) is 0 Å². The van der Waals surface area contributed by atoms with Gasteiger partial charge < -0.3 is 10.2 Å². The van der Waals surface area contributed by atoms with Crippen molar-refractivity contribution in [1.29, 1.82) is 0 Å². The van der Waals surface area contributed by atoms with Crippen molar-refractivity contribution in [3.05, 3.63) is 45.0 Å². The summed E-state index contributed by atoms with van der Waals surface area (Å²) in [6, 6.07) is 6.11. The van der Waals surface area contributed by atoms with Crippen molar-refractivity contribution in [2.75, 3.05) is 13.6 Å². The third-order valence-corrected chi connectivity index (χ3v) is 3.85. The fraction of sp³-hybridized carbons (Fsp3) is 0.333. The molecule has 0 saturated carbocycles. The lowest BCUT2D eigenvalue weighted by Crippen LogP contribution is -2.29. The van der Waals surface area contributed by atoms with E-state index in [9.17, 15) is 0 Å². The highest BCUT2D eigenvalue weighted by molar-refractivity contribution is 9.10. The van der Waals surface area contributed by atoms with Gasteiger partial charge >= 0.3 is 0 Å². The van der Waals surface area contributed by atoms with Crippen molar-refractivity contribution in [2.24, 2.45) is 5.73 Å². The van der Waals surface area contributed by atoms with Gasteiger partial charge in [0.05, 0.1) is 6.04 Å². The van der Waals surface area contributed by atoms with E-state index in [1.54, 1.807) is 11.3 Å². The van der Waals surface area contributed by atoms with E-state index < -0.39 is 0 Å². The maximum atomic E-state index is 5.83. The van der Waals surface area contributed by atoms with Gasteiger partial charge in [-0.1, -0.05) is 0 Å². The van der Waals surface area contributed by atoms with Gasteiger partial charge in [-0.05, 0) is 57.5 Å². The molecule has 2 heterocycles. The molecule has 5 heteroatoms. The largest absolute Gasteiger partial charge is 0.453 e. The fourth-order valence-electron chi connectivity index (χ4n) is 1.80. The van der Waals surface area contributed by atoms with Crippen LogP contribution >= 0.6 is 27.3 Å². The lowest BCUT2D eigenvalue weighted by atomic mass is 10.2. The minimum atomic E-state index is 0.112. The van der Waals surface area contributed by atoms with Gasteiger partial charge in [0.1, 0.15) is 5.76 Å². The van der Waals surface area contributed by atoms with E-state index in [-0.39, 0.29) is 6.04 Å². The zero-order valence-corrected chi connectivity index (χ0v) is 12.0. The quantitative estimate of drug-likeness (QED) is 0.921. The molecule has 1 atom stereocenters. The smallest absolute Gasteiger partial charge is 0.169 e. The van der Waals surface area contributed by atoms with Gasteiger partial charge in [-0.25, -0.2) is 0 Å². The minimum absolute atomic E-state index is 0.112. The van der Waals surface area contributed by atoms with Crippen LogP contribution in [0.25, 0.3) is 0 Å². The van der Waals surface area contributed by atoms with Crippen LogP contribution in [-0.4, -0.2) is 18.5 Å². The first-order valence-corrected chi connectivity index (χ1v) is 7.11. The lowest BCUT2D eigenvalue weighted by Gasteiger charge is -2.24. The zero-order chi connectivity index (χ0) is 12.3. The van der Waals surface area contributed by atoms with E-state index in [1.165, 1.54) is 5.56 Å². The third-order valence-electron chi connectivity index (χ3n) is 2.69. The first-order chi connectivity index (χ1) is 8.20. The third kappa shape index (κ3) is 3.19. The molecule has 2 rings (SSSR count). The monoisotopic (exact) mass is 314 g/mol. The van der Waals surface area contributed by atoms with E-state index in [2.05, 4.69) is 44.7 Å². The summed E-state index contributed by atoms with van der Waals surface area (Å²) in [7, 11) is 2.06. The Labute approximate surface area is 113 Å². The molecular formula is C12H15BrN2OS. The number of nitrogens with zero attached hydrogens (tertiary/aromatic N) is 1. The van der Waals surface area contributed by atoms with Gasteiger partial charge in [0.2, 0.25) is 0 Å². The average Bonchev–Trinajstić information content (AvgIpc) is 2.91. The summed E-state index contributed by atoms with van der Waals surface area (Å²) in [5.74, 6) is 0.900. The van der Waals surface area contributed by atoms with Crippen molar-refractivity contribution in [3.63, 3.8) is 0 Å². The van der Waals surface area contributed by atoms with Gasteiger partial charge in [0.15, 0.2) is 4.67 Å². The van der Waals surface area contributed by atoms with Gasteiger partial charge in [0, 0.05) is 13.1 Å². The van der Waals surface area contributed by atoms with Crippen LogP contribution in [0.1, 0.15) is 17.4 Å². The molecule has 17 heavy (non-hydrogen) atoms. The Bertz CT molecular complexity index is 455. The van der Waals surface area contributed by atoms with E-state index in [4.69, 9.17) is 10.2 Å². The Balaban J connectivity index is 2.07. The molecule has 0 aliphatic carbocycles. The molecule has 1 unspecified atom stereocenters. The van der Waals surface area contributed by atoms with E-state index in [0.717, 1.165) is 17.0 Å². The predicted molar refractivity (Wildman–Crippen MR) is 74.0 cm³/mol. The molecule has 2 aromatic heterocycles. The Hall–Kier alpha value is -0.620. The van der Waals surface area contributed by atoms with E-state index in [1.807, 2.05) is 12.1 Å². The van der Waals surface area contributed by atoms with Gasteiger partial charge in [-0.2, -0.15) is 11.3 Å². The normalized spacial score (nSPS) is 13.2. The standard InChI is InChI=1S/C12H15BrN2OS/c1-15(7-9-4-5-17-8-9)10(6-14)11-2-3-12(13)16-11/h2-5,8,10H,6-7,14H2,1H3. The van der Waals surface area contributed by atoms with Gasteiger partial charge in [-0.3, -0.25) is 4.90 Å². The van der Waals surface area contributed by atoms with Crippen molar-refractivity contribution in [1.82, 2.24) is 4.90 Å². The SMILES string of the molecule is CN(Cc1ccsc1)C(CN)c1ccc(Br)o1. The first-order valence-electron chi connectivity index (χ1n) is 5.37. The summed E-state index contributed by atoms with van der Waals surface area (Å²) < 4.78 is 6.32. The zero-order valence-electron chi connectivity index (χ0n) is 9.60. The van der Waals surface area contributed by atoms with Gasteiger partial charge in [0.25, 0.3) is 0 Å². The number of thiophene rings is 1. The summed E-state index contributed by atoms with van der Waals surface area (Å²) in [6.07, 6.45) is 0. The number of furan rings is 1. The van der Waals surface area contributed by atoms with Crippen LogP contribution in [0.3, 0.4) is 0 Å². The summed E-state index contributed by atoms with van der Waals surface area (Å²) in [5.41, 5.74) is 7.14. The van der Waals surface area contributed by atoms with Crippen LogP contribution in [0.5, 0.6) is 0 Å². The van der Waals surface area contributed by atoms with E-state index in [0.29, 0.717) is 6.54 Å². The maximum absolute atomic E-state index is 5.83. The Morgan fingerprint density at radius 3 is 2.82 bits per heavy atom. The van der Waals surface area contributed by atoms with Crippen LogP contribution in [0.15, 0.2) is 38.0 Å². The summed E-state index contributed by atoms with van der Waals surface area (Å²) in [4.78, 5) is 2.20. The fourth-order valence-corrected chi connectivity index (χ4v) is 2.78. The molecule has 0 spiro atoms. The second-order valence-corrected chi connectivity index (χ2v) is 5.50. The van der Waals surface area contributed by atoms with Crippen LogP contribution < -0.4 is 5.73 Å². The van der Waals surface area contributed by atoms with E-state index >= 15 is 0 Å². The van der Waals surface area contributed by atoms with Crippen LogP contribution in [0, 0.1) is 0 Å². The number of hydrogen-bond acceptors (Lipinski definition) is 4. The second kappa shape index (κ2) is 5.82. The summed E-state index contributed by atoms with van der Waals surface area (Å²) in [5, 5.41) is 4.24. The first kappa shape index (κ1) is 12.8. The number of halogens is 1. The van der Waals surface area contributed by atoms with Crippen molar-refractivity contribution < 1.29 is 4.42 Å². The molecule has 0 bridgehead atoms. The average molecular weight is 315 g/mol. The molecule has 0 radical (unpaired) electrons. The Morgan fingerprint density at radius 2 is 2.29 bits per heavy atom. The van der Waals surface area contributed by atoms with Crippen LogP contribution in [-0.2, 0) is 6.54 Å². The molecule has 0 amide bonds. The number of nitrogens with two attached hydrogens (primary N) is 1.